The molecule has 1 unspecified atom stereocenters. The van der Waals surface area contributed by atoms with Crippen LogP contribution in [0.3, 0.4) is 0 Å². The molecule has 1 fully saturated rings. The molecule has 1 amide bonds. The van der Waals surface area contributed by atoms with Crippen molar-refractivity contribution in [2.24, 2.45) is 11.7 Å². The zero-order valence-electron chi connectivity index (χ0n) is 10.9. The van der Waals surface area contributed by atoms with Crippen molar-refractivity contribution in [1.29, 1.82) is 0 Å². The van der Waals surface area contributed by atoms with Crippen LogP contribution in [0.4, 0.5) is 0 Å². The lowest BCUT2D eigenvalue weighted by atomic mass is 9.98. The van der Waals surface area contributed by atoms with E-state index in [4.69, 9.17) is 10.5 Å². The summed E-state index contributed by atoms with van der Waals surface area (Å²) in [6.07, 6.45) is 7.20. The molecule has 1 atom stereocenters. The number of carbonyl (C=O) groups excluding carboxylic acids is 1. The number of hydrogen-bond acceptors (Lipinski definition) is 3. The normalized spacial score (nSPS) is 18.9. The summed E-state index contributed by atoms with van der Waals surface area (Å²) in [6.45, 7) is 3.80. The van der Waals surface area contributed by atoms with Crippen LogP contribution in [-0.4, -0.2) is 31.7 Å². The fraction of sp³-hybridized carbons (Fsp3) is 0.923. The minimum atomic E-state index is 0.0789. The van der Waals surface area contributed by atoms with Gasteiger partial charge in [0.1, 0.15) is 0 Å². The maximum Gasteiger partial charge on any atom is 0.220 e. The average Bonchev–Trinajstić information content (AvgIpc) is 2.36. The van der Waals surface area contributed by atoms with Crippen LogP contribution in [0.15, 0.2) is 0 Å². The van der Waals surface area contributed by atoms with Crippen molar-refractivity contribution in [3.8, 4) is 0 Å². The second kappa shape index (κ2) is 8.48. The van der Waals surface area contributed by atoms with E-state index >= 15 is 0 Å². The second-order valence-electron chi connectivity index (χ2n) is 5.03. The largest absolute Gasteiger partial charge is 0.376 e. The fourth-order valence-corrected chi connectivity index (χ4v) is 2.12. The highest BCUT2D eigenvalue weighted by atomic mass is 16.5. The van der Waals surface area contributed by atoms with Crippen molar-refractivity contribution < 1.29 is 9.53 Å². The Morgan fingerprint density at radius 1 is 1.41 bits per heavy atom. The van der Waals surface area contributed by atoms with Crippen LogP contribution in [-0.2, 0) is 9.53 Å². The highest BCUT2D eigenvalue weighted by Gasteiger charge is 2.13. The average molecular weight is 242 g/mol. The van der Waals surface area contributed by atoms with Gasteiger partial charge >= 0.3 is 0 Å². The molecule has 3 N–H and O–H groups in total. The molecule has 1 aliphatic rings. The Hall–Kier alpha value is -0.610. The molecule has 4 heteroatoms. The molecule has 0 spiro atoms. The molecule has 0 bridgehead atoms. The predicted octanol–water partition coefficient (Wildman–Crippen LogP) is 1.44. The van der Waals surface area contributed by atoms with Crippen molar-refractivity contribution in [2.75, 3.05) is 19.7 Å². The smallest absolute Gasteiger partial charge is 0.220 e. The number of rotatable bonds is 7. The first-order chi connectivity index (χ1) is 8.22. The first kappa shape index (κ1) is 14.5. The van der Waals surface area contributed by atoms with E-state index in [-0.39, 0.29) is 11.8 Å². The van der Waals surface area contributed by atoms with E-state index < -0.39 is 0 Å². The zero-order valence-corrected chi connectivity index (χ0v) is 10.9. The molecule has 0 saturated heterocycles. The van der Waals surface area contributed by atoms with Crippen LogP contribution in [0.5, 0.6) is 0 Å². The molecule has 1 aliphatic carbocycles. The summed E-state index contributed by atoms with van der Waals surface area (Å²) >= 11 is 0. The lowest BCUT2D eigenvalue weighted by molar-refractivity contribution is -0.122. The van der Waals surface area contributed by atoms with E-state index in [0.29, 0.717) is 32.2 Å². The number of nitrogens with one attached hydrogen (secondary N) is 1. The van der Waals surface area contributed by atoms with E-state index in [0.717, 1.165) is 0 Å². The molecule has 17 heavy (non-hydrogen) atoms. The SMILES string of the molecule is CC(CN)CC(=O)NCCOC1CCCCC1. The van der Waals surface area contributed by atoms with E-state index in [1.807, 2.05) is 6.92 Å². The molecule has 4 nitrogen and oxygen atoms in total. The van der Waals surface area contributed by atoms with Gasteiger partial charge in [0.2, 0.25) is 5.91 Å². The van der Waals surface area contributed by atoms with Crippen molar-refractivity contribution >= 4 is 5.91 Å². The Balaban J connectivity index is 1.97. The summed E-state index contributed by atoms with van der Waals surface area (Å²) < 4.78 is 5.73. The molecule has 100 valence electrons. The third-order valence-electron chi connectivity index (χ3n) is 3.27. The van der Waals surface area contributed by atoms with Crippen LogP contribution in [0.2, 0.25) is 0 Å². The van der Waals surface area contributed by atoms with Gasteiger partial charge < -0.3 is 15.8 Å². The maximum atomic E-state index is 11.4. The monoisotopic (exact) mass is 242 g/mol. The summed E-state index contributed by atoms with van der Waals surface area (Å²) in [6, 6.07) is 0. The highest BCUT2D eigenvalue weighted by molar-refractivity contribution is 5.76. The van der Waals surface area contributed by atoms with E-state index in [9.17, 15) is 4.79 Å². The molecule has 0 aromatic carbocycles. The van der Waals surface area contributed by atoms with Crippen molar-refractivity contribution in [3.05, 3.63) is 0 Å². The number of ether oxygens (including phenoxy) is 1. The fourth-order valence-electron chi connectivity index (χ4n) is 2.12. The Bertz CT molecular complexity index is 215. The Morgan fingerprint density at radius 2 is 2.12 bits per heavy atom. The molecule has 0 radical (unpaired) electrons. The lowest BCUT2D eigenvalue weighted by Gasteiger charge is -2.22. The van der Waals surface area contributed by atoms with Gasteiger partial charge in [-0.25, -0.2) is 0 Å². The topological polar surface area (TPSA) is 64.4 Å². The first-order valence-corrected chi connectivity index (χ1v) is 6.80. The van der Waals surface area contributed by atoms with Gasteiger partial charge in [0.05, 0.1) is 12.7 Å². The molecule has 0 aromatic rings. The number of carbonyl (C=O) groups is 1. The summed E-state index contributed by atoms with van der Waals surface area (Å²) in [5.74, 6) is 0.337. The molecule has 0 heterocycles. The van der Waals surface area contributed by atoms with Crippen molar-refractivity contribution in [3.63, 3.8) is 0 Å². The lowest BCUT2D eigenvalue weighted by Crippen LogP contribution is -2.31. The second-order valence-corrected chi connectivity index (χ2v) is 5.03. The van der Waals surface area contributed by atoms with Gasteiger partial charge in [-0.2, -0.15) is 0 Å². The van der Waals surface area contributed by atoms with E-state index in [1.54, 1.807) is 0 Å². The number of amides is 1. The molecular formula is C13H26N2O2. The third kappa shape index (κ3) is 6.64. The van der Waals surface area contributed by atoms with Gasteiger partial charge in [-0.15, -0.1) is 0 Å². The minimum absolute atomic E-state index is 0.0789. The summed E-state index contributed by atoms with van der Waals surface area (Å²) in [5.41, 5.74) is 5.47. The standard InChI is InChI=1S/C13H26N2O2/c1-11(10-14)9-13(16)15-7-8-17-12-5-3-2-4-6-12/h11-12H,2-10,14H2,1H3,(H,15,16). The summed E-state index contributed by atoms with van der Waals surface area (Å²) in [4.78, 5) is 11.4. The van der Waals surface area contributed by atoms with Gasteiger partial charge in [-0.3, -0.25) is 4.79 Å². The number of nitrogens with two attached hydrogens (primary N) is 1. The van der Waals surface area contributed by atoms with Crippen LogP contribution in [0.1, 0.15) is 45.4 Å². The van der Waals surface area contributed by atoms with Crippen LogP contribution >= 0.6 is 0 Å². The van der Waals surface area contributed by atoms with Crippen LogP contribution in [0, 0.1) is 5.92 Å². The quantitative estimate of drug-likeness (QED) is 0.664. The first-order valence-electron chi connectivity index (χ1n) is 6.80. The Labute approximate surface area is 104 Å². The highest BCUT2D eigenvalue weighted by Crippen LogP contribution is 2.19. The summed E-state index contributed by atoms with van der Waals surface area (Å²) in [5, 5.41) is 2.87. The third-order valence-corrected chi connectivity index (χ3v) is 3.27. The Kier molecular flexibility index (Phi) is 7.21. The zero-order chi connectivity index (χ0) is 12.5. The summed E-state index contributed by atoms with van der Waals surface area (Å²) in [7, 11) is 0. The van der Waals surface area contributed by atoms with Crippen molar-refractivity contribution in [2.45, 2.75) is 51.6 Å². The van der Waals surface area contributed by atoms with Crippen LogP contribution in [0.25, 0.3) is 0 Å². The Morgan fingerprint density at radius 3 is 2.76 bits per heavy atom. The minimum Gasteiger partial charge on any atom is -0.376 e. The molecule has 0 aliphatic heterocycles. The van der Waals surface area contributed by atoms with Gasteiger partial charge in [0, 0.05) is 13.0 Å². The molecule has 1 saturated carbocycles. The van der Waals surface area contributed by atoms with Gasteiger partial charge in [0.15, 0.2) is 0 Å². The maximum absolute atomic E-state index is 11.4. The van der Waals surface area contributed by atoms with E-state index in [1.165, 1.54) is 32.1 Å². The van der Waals surface area contributed by atoms with Crippen molar-refractivity contribution in [1.82, 2.24) is 5.32 Å². The van der Waals surface area contributed by atoms with Gasteiger partial charge in [0.25, 0.3) is 0 Å². The van der Waals surface area contributed by atoms with E-state index in [2.05, 4.69) is 5.32 Å². The van der Waals surface area contributed by atoms with Gasteiger partial charge in [-0.05, 0) is 25.3 Å². The number of hydrogen-bond donors (Lipinski definition) is 2. The van der Waals surface area contributed by atoms with Gasteiger partial charge in [-0.1, -0.05) is 26.2 Å². The molecule has 0 aromatic heterocycles. The predicted molar refractivity (Wildman–Crippen MR) is 68.7 cm³/mol. The molecular weight excluding hydrogens is 216 g/mol. The van der Waals surface area contributed by atoms with Crippen LogP contribution < -0.4 is 11.1 Å². The molecule has 1 rings (SSSR count).